The van der Waals surface area contributed by atoms with Gasteiger partial charge in [-0.15, -0.1) is 0 Å². The Balaban J connectivity index is 3.93. The first-order valence-electron chi connectivity index (χ1n) is 6.14. The van der Waals surface area contributed by atoms with Crippen molar-refractivity contribution in [1.29, 1.82) is 0 Å². The summed E-state index contributed by atoms with van der Waals surface area (Å²) in [6.45, 7) is 9.01. The summed E-state index contributed by atoms with van der Waals surface area (Å²) in [4.78, 5) is 23.9. The van der Waals surface area contributed by atoms with Crippen molar-refractivity contribution < 1.29 is 14.7 Å². The van der Waals surface area contributed by atoms with Crippen molar-refractivity contribution >= 4 is 12.0 Å². The molecular formula is C12H24N2O3. The summed E-state index contributed by atoms with van der Waals surface area (Å²) in [5, 5.41) is 11.4. The highest BCUT2D eigenvalue weighted by Gasteiger charge is 2.15. The number of urea groups is 1. The predicted octanol–water partition coefficient (Wildman–Crippen LogP) is 1.93. The molecule has 0 aliphatic rings. The van der Waals surface area contributed by atoms with E-state index in [1.165, 1.54) is 0 Å². The molecule has 0 bridgehead atoms. The summed E-state index contributed by atoms with van der Waals surface area (Å²) in [5.41, 5.74) is 0. The van der Waals surface area contributed by atoms with Crippen LogP contribution in [0.15, 0.2) is 0 Å². The van der Waals surface area contributed by atoms with Gasteiger partial charge in [-0.05, 0) is 33.1 Å². The Morgan fingerprint density at radius 1 is 1.29 bits per heavy atom. The molecule has 5 heteroatoms. The van der Waals surface area contributed by atoms with Crippen LogP contribution in [0.3, 0.4) is 0 Å². The third-order valence-electron chi connectivity index (χ3n) is 2.68. The van der Waals surface area contributed by atoms with Crippen molar-refractivity contribution in [2.24, 2.45) is 5.92 Å². The van der Waals surface area contributed by atoms with Gasteiger partial charge in [0, 0.05) is 25.6 Å². The quantitative estimate of drug-likeness (QED) is 0.719. The first kappa shape index (κ1) is 15.7. The van der Waals surface area contributed by atoms with E-state index < -0.39 is 5.97 Å². The molecule has 0 saturated carbocycles. The van der Waals surface area contributed by atoms with E-state index in [1.807, 2.05) is 27.7 Å². The Labute approximate surface area is 103 Å². The molecule has 0 radical (unpaired) electrons. The fourth-order valence-electron chi connectivity index (χ4n) is 1.58. The zero-order valence-corrected chi connectivity index (χ0v) is 11.2. The third-order valence-corrected chi connectivity index (χ3v) is 2.68. The molecule has 2 amide bonds. The predicted molar refractivity (Wildman–Crippen MR) is 66.9 cm³/mol. The van der Waals surface area contributed by atoms with E-state index in [4.69, 9.17) is 5.11 Å². The molecule has 0 rings (SSSR count). The molecule has 0 aromatic rings. The first-order chi connectivity index (χ1) is 7.88. The lowest BCUT2D eigenvalue weighted by Crippen LogP contribution is -2.45. The van der Waals surface area contributed by atoms with Crippen LogP contribution < -0.4 is 5.32 Å². The Kier molecular flexibility index (Phi) is 7.34. The summed E-state index contributed by atoms with van der Waals surface area (Å²) < 4.78 is 0. The van der Waals surface area contributed by atoms with Gasteiger partial charge in [-0.1, -0.05) is 6.92 Å². The number of rotatable bonds is 7. The van der Waals surface area contributed by atoms with Gasteiger partial charge in [0.1, 0.15) is 0 Å². The number of carbonyl (C=O) groups excluding carboxylic acids is 1. The molecule has 0 aromatic carbocycles. The number of hydrogen-bond donors (Lipinski definition) is 2. The van der Waals surface area contributed by atoms with Crippen molar-refractivity contribution in [2.45, 2.75) is 46.6 Å². The zero-order chi connectivity index (χ0) is 13.4. The van der Waals surface area contributed by atoms with Gasteiger partial charge in [-0.3, -0.25) is 4.79 Å². The number of carboxylic acids is 1. The number of hydrogen-bond acceptors (Lipinski definition) is 2. The number of carbonyl (C=O) groups is 2. The maximum absolute atomic E-state index is 11.8. The minimum atomic E-state index is -0.791. The van der Waals surface area contributed by atoms with Gasteiger partial charge < -0.3 is 15.3 Å². The van der Waals surface area contributed by atoms with Crippen LogP contribution in [0, 0.1) is 5.92 Å². The summed E-state index contributed by atoms with van der Waals surface area (Å²) in [7, 11) is 0. The molecule has 100 valence electrons. The first-order valence-corrected chi connectivity index (χ1v) is 6.14. The van der Waals surface area contributed by atoms with Crippen molar-refractivity contribution in [3.8, 4) is 0 Å². The minimum absolute atomic E-state index is 0.0790. The van der Waals surface area contributed by atoms with Gasteiger partial charge in [0.25, 0.3) is 0 Å². The highest BCUT2D eigenvalue weighted by atomic mass is 16.4. The lowest BCUT2D eigenvalue weighted by atomic mass is 10.1. The maximum atomic E-state index is 11.8. The van der Waals surface area contributed by atoms with Crippen molar-refractivity contribution in [3.63, 3.8) is 0 Å². The maximum Gasteiger partial charge on any atom is 0.317 e. The van der Waals surface area contributed by atoms with E-state index in [0.717, 1.165) is 0 Å². The largest absolute Gasteiger partial charge is 0.481 e. The van der Waals surface area contributed by atoms with Crippen LogP contribution >= 0.6 is 0 Å². The summed E-state index contributed by atoms with van der Waals surface area (Å²) >= 11 is 0. The number of nitrogens with zero attached hydrogens (tertiary/aromatic N) is 1. The lowest BCUT2D eigenvalue weighted by molar-refractivity contribution is -0.137. The molecule has 0 fully saturated rings. The number of aliphatic carboxylic acids is 1. The average molecular weight is 244 g/mol. The Bertz CT molecular complexity index is 254. The number of amides is 2. The van der Waals surface area contributed by atoms with Crippen molar-refractivity contribution in [3.05, 3.63) is 0 Å². The molecule has 0 heterocycles. The summed E-state index contributed by atoms with van der Waals surface area (Å²) in [5.74, 6) is -0.610. The molecule has 5 nitrogen and oxygen atoms in total. The van der Waals surface area contributed by atoms with Gasteiger partial charge >= 0.3 is 12.0 Å². The smallest absolute Gasteiger partial charge is 0.317 e. The van der Waals surface area contributed by atoms with E-state index in [1.54, 1.807) is 4.90 Å². The Morgan fingerprint density at radius 3 is 2.29 bits per heavy atom. The second kappa shape index (κ2) is 7.92. The fraction of sp³-hybridized carbons (Fsp3) is 0.833. The average Bonchev–Trinajstić information content (AvgIpc) is 2.23. The third kappa shape index (κ3) is 6.81. The Hall–Kier alpha value is -1.26. The van der Waals surface area contributed by atoms with E-state index in [-0.39, 0.29) is 24.4 Å². The highest BCUT2D eigenvalue weighted by Crippen LogP contribution is 2.05. The highest BCUT2D eigenvalue weighted by molar-refractivity contribution is 5.74. The fourth-order valence-corrected chi connectivity index (χ4v) is 1.58. The molecule has 0 aromatic heterocycles. The second-order valence-corrected chi connectivity index (χ2v) is 4.60. The van der Waals surface area contributed by atoms with Crippen LogP contribution in [0.1, 0.15) is 40.5 Å². The normalized spacial score (nSPS) is 12.3. The van der Waals surface area contributed by atoms with Crippen LogP contribution in [0.4, 0.5) is 4.79 Å². The van der Waals surface area contributed by atoms with Crippen molar-refractivity contribution in [1.82, 2.24) is 10.2 Å². The van der Waals surface area contributed by atoms with Crippen LogP contribution in [-0.4, -0.2) is 41.1 Å². The molecule has 1 unspecified atom stereocenters. The summed E-state index contributed by atoms with van der Waals surface area (Å²) in [6, 6.07) is 0.0963. The zero-order valence-electron chi connectivity index (χ0n) is 11.2. The van der Waals surface area contributed by atoms with Gasteiger partial charge in [0.15, 0.2) is 0 Å². The van der Waals surface area contributed by atoms with Gasteiger partial charge in [-0.2, -0.15) is 0 Å². The molecule has 1 atom stereocenters. The molecular weight excluding hydrogens is 220 g/mol. The monoisotopic (exact) mass is 244 g/mol. The van der Waals surface area contributed by atoms with Crippen LogP contribution in [0.5, 0.6) is 0 Å². The number of carboxylic acid groups (broad SMARTS) is 1. The SMILES string of the molecule is CCN(C(=O)NCC(C)CCC(=O)O)C(C)C. The topological polar surface area (TPSA) is 69.6 Å². The van der Waals surface area contributed by atoms with E-state index in [2.05, 4.69) is 5.32 Å². The molecule has 0 spiro atoms. The van der Waals surface area contributed by atoms with Gasteiger partial charge in [0.05, 0.1) is 0 Å². The van der Waals surface area contributed by atoms with Crippen LogP contribution in [-0.2, 0) is 4.79 Å². The minimum Gasteiger partial charge on any atom is -0.481 e. The van der Waals surface area contributed by atoms with Crippen LogP contribution in [0.25, 0.3) is 0 Å². The Morgan fingerprint density at radius 2 is 1.88 bits per heavy atom. The lowest BCUT2D eigenvalue weighted by Gasteiger charge is -2.26. The van der Waals surface area contributed by atoms with E-state index in [9.17, 15) is 9.59 Å². The molecule has 0 aliphatic carbocycles. The molecule has 17 heavy (non-hydrogen) atoms. The van der Waals surface area contributed by atoms with Crippen LogP contribution in [0.2, 0.25) is 0 Å². The standard InChI is InChI=1S/C12H24N2O3/c1-5-14(9(2)3)12(17)13-8-10(4)6-7-11(15)16/h9-10H,5-8H2,1-4H3,(H,13,17)(H,15,16). The number of nitrogens with one attached hydrogen (secondary N) is 1. The van der Waals surface area contributed by atoms with Gasteiger partial charge in [0.2, 0.25) is 0 Å². The van der Waals surface area contributed by atoms with Crippen molar-refractivity contribution in [2.75, 3.05) is 13.1 Å². The molecule has 2 N–H and O–H groups in total. The summed E-state index contributed by atoms with van der Waals surface area (Å²) in [6.07, 6.45) is 0.738. The molecule has 0 aliphatic heterocycles. The van der Waals surface area contributed by atoms with Gasteiger partial charge in [-0.25, -0.2) is 4.79 Å². The van der Waals surface area contributed by atoms with E-state index >= 15 is 0 Å². The molecule has 0 saturated heterocycles. The van der Waals surface area contributed by atoms with E-state index in [0.29, 0.717) is 19.5 Å². The second-order valence-electron chi connectivity index (χ2n) is 4.60.